The number of rotatable bonds is 5. The molecule has 1 saturated heterocycles. The lowest BCUT2D eigenvalue weighted by Crippen LogP contribution is -2.35. The maximum absolute atomic E-state index is 12.2. The summed E-state index contributed by atoms with van der Waals surface area (Å²) >= 11 is 0. The van der Waals surface area contributed by atoms with Crippen molar-refractivity contribution >= 4 is 11.9 Å². The van der Waals surface area contributed by atoms with Gasteiger partial charge in [-0.3, -0.25) is 9.48 Å². The highest BCUT2D eigenvalue weighted by Gasteiger charge is 2.34. The number of fused-ring (bicyclic) bond motifs is 1. The molecule has 0 aromatic carbocycles. The molecule has 9 nitrogen and oxygen atoms in total. The molecular formula is C19H30N8O. The second kappa shape index (κ2) is 7.18. The normalized spacial score (nSPS) is 21.9. The zero-order valence-electron chi connectivity index (χ0n) is 17.3. The Labute approximate surface area is 165 Å². The van der Waals surface area contributed by atoms with Crippen molar-refractivity contribution in [3.8, 4) is 0 Å². The summed E-state index contributed by atoms with van der Waals surface area (Å²) in [6.45, 7) is 10.6. The van der Waals surface area contributed by atoms with E-state index in [4.69, 9.17) is 0 Å². The third kappa shape index (κ3) is 3.62. The van der Waals surface area contributed by atoms with Gasteiger partial charge in [-0.15, -0.1) is 0 Å². The molecule has 2 aliphatic rings. The SMILES string of the molecule is CCCN1CC(Cn2nnnc2N2Cc3cnn(C)c3CC(C)(C)C2)CC1=O. The van der Waals surface area contributed by atoms with Crippen molar-refractivity contribution < 1.29 is 4.79 Å². The van der Waals surface area contributed by atoms with E-state index < -0.39 is 0 Å². The summed E-state index contributed by atoms with van der Waals surface area (Å²) in [5.74, 6) is 1.29. The monoisotopic (exact) mass is 386 g/mol. The second-order valence-corrected chi connectivity index (χ2v) is 9.01. The van der Waals surface area contributed by atoms with E-state index in [0.717, 1.165) is 45.0 Å². The first-order valence-electron chi connectivity index (χ1n) is 10.1. The summed E-state index contributed by atoms with van der Waals surface area (Å²) in [5, 5.41) is 17.0. The predicted molar refractivity (Wildman–Crippen MR) is 105 cm³/mol. The van der Waals surface area contributed by atoms with Crippen LogP contribution in [-0.2, 0) is 31.4 Å². The van der Waals surface area contributed by atoms with E-state index in [0.29, 0.717) is 13.0 Å². The van der Waals surface area contributed by atoms with Crippen molar-refractivity contribution in [2.24, 2.45) is 18.4 Å². The van der Waals surface area contributed by atoms with Crippen LogP contribution in [0, 0.1) is 11.3 Å². The number of aryl methyl sites for hydroxylation is 1. The van der Waals surface area contributed by atoms with Gasteiger partial charge in [0.1, 0.15) is 0 Å². The number of hydrogen-bond acceptors (Lipinski definition) is 6. The maximum atomic E-state index is 12.2. The Hall–Kier alpha value is -2.45. The average Bonchev–Trinajstić information content (AvgIpc) is 3.28. The number of carbonyl (C=O) groups is 1. The highest BCUT2D eigenvalue weighted by atomic mass is 16.2. The highest BCUT2D eigenvalue weighted by Crippen LogP contribution is 2.32. The minimum atomic E-state index is 0.0804. The number of hydrogen-bond donors (Lipinski definition) is 0. The molecule has 4 heterocycles. The van der Waals surface area contributed by atoms with Crippen LogP contribution in [0.5, 0.6) is 0 Å². The van der Waals surface area contributed by atoms with Crippen LogP contribution in [0.25, 0.3) is 0 Å². The standard InChI is InChI=1S/C19H30N8O/c1-5-6-25-10-14(7-17(25)28)11-27-18(21-22-23-27)26-12-15-9-20-24(4)16(15)8-19(2,3)13-26/h9,14H,5-8,10-13H2,1-4H3. The van der Waals surface area contributed by atoms with E-state index in [2.05, 4.69) is 46.3 Å². The molecule has 152 valence electrons. The smallest absolute Gasteiger partial charge is 0.245 e. The van der Waals surface area contributed by atoms with Crippen molar-refractivity contribution in [2.45, 2.75) is 53.1 Å². The van der Waals surface area contributed by atoms with Gasteiger partial charge >= 0.3 is 0 Å². The van der Waals surface area contributed by atoms with Crippen LogP contribution in [-0.4, -0.2) is 60.4 Å². The molecule has 0 radical (unpaired) electrons. The van der Waals surface area contributed by atoms with Crippen molar-refractivity contribution in [2.75, 3.05) is 24.5 Å². The third-order valence-corrected chi connectivity index (χ3v) is 5.79. The van der Waals surface area contributed by atoms with Crippen LogP contribution in [0.15, 0.2) is 6.20 Å². The zero-order chi connectivity index (χ0) is 19.9. The summed E-state index contributed by atoms with van der Waals surface area (Å²) < 4.78 is 3.86. The fourth-order valence-corrected chi connectivity index (χ4v) is 4.55. The lowest BCUT2D eigenvalue weighted by Gasteiger charge is -2.30. The van der Waals surface area contributed by atoms with Crippen molar-refractivity contribution in [3.63, 3.8) is 0 Å². The Bertz CT molecular complexity index is 854. The molecule has 28 heavy (non-hydrogen) atoms. The first-order valence-corrected chi connectivity index (χ1v) is 10.1. The van der Waals surface area contributed by atoms with E-state index in [1.54, 1.807) is 0 Å². The fraction of sp³-hybridized carbons (Fsp3) is 0.737. The maximum Gasteiger partial charge on any atom is 0.245 e. The number of likely N-dealkylation sites (tertiary alicyclic amines) is 1. The molecular weight excluding hydrogens is 356 g/mol. The molecule has 1 atom stereocenters. The van der Waals surface area contributed by atoms with Gasteiger partial charge in [-0.2, -0.15) is 5.10 Å². The first-order chi connectivity index (χ1) is 13.4. The van der Waals surface area contributed by atoms with E-state index in [1.165, 1.54) is 11.3 Å². The second-order valence-electron chi connectivity index (χ2n) is 9.01. The summed E-state index contributed by atoms with van der Waals surface area (Å²) in [6.07, 6.45) is 4.50. The van der Waals surface area contributed by atoms with E-state index >= 15 is 0 Å². The van der Waals surface area contributed by atoms with Gasteiger partial charge in [0.2, 0.25) is 11.9 Å². The van der Waals surface area contributed by atoms with Gasteiger partial charge in [0, 0.05) is 56.8 Å². The molecule has 2 aromatic rings. The number of tetrazole rings is 1. The lowest BCUT2D eigenvalue weighted by molar-refractivity contribution is -0.127. The summed E-state index contributed by atoms with van der Waals surface area (Å²) in [6, 6.07) is 0. The number of carbonyl (C=O) groups excluding carboxylic acids is 1. The minimum absolute atomic E-state index is 0.0804. The zero-order valence-corrected chi connectivity index (χ0v) is 17.3. The molecule has 2 aromatic heterocycles. The Kier molecular flexibility index (Phi) is 4.84. The van der Waals surface area contributed by atoms with Crippen LogP contribution < -0.4 is 4.90 Å². The summed E-state index contributed by atoms with van der Waals surface area (Å²) in [5.41, 5.74) is 2.59. The van der Waals surface area contributed by atoms with Crippen molar-refractivity contribution in [3.05, 3.63) is 17.5 Å². The molecule has 0 saturated carbocycles. The summed E-state index contributed by atoms with van der Waals surface area (Å²) in [7, 11) is 2.01. The largest absolute Gasteiger partial charge is 0.342 e. The lowest BCUT2D eigenvalue weighted by atomic mass is 9.87. The van der Waals surface area contributed by atoms with Gasteiger partial charge < -0.3 is 9.80 Å². The van der Waals surface area contributed by atoms with Crippen LogP contribution in [0.4, 0.5) is 5.95 Å². The van der Waals surface area contributed by atoms with E-state index in [1.807, 2.05) is 27.5 Å². The average molecular weight is 387 g/mol. The Morgan fingerprint density at radius 3 is 2.93 bits per heavy atom. The van der Waals surface area contributed by atoms with Gasteiger partial charge in [-0.25, -0.2) is 4.68 Å². The van der Waals surface area contributed by atoms with E-state index in [-0.39, 0.29) is 17.2 Å². The third-order valence-electron chi connectivity index (χ3n) is 5.79. The molecule has 1 fully saturated rings. The molecule has 1 amide bonds. The Balaban J connectivity index is 1.54. The van der Waals surface area contributed by atoms with Crippen LogP contribution in [0.2, 0.25) is 0 Å². The fourth-order valence-electron chi connectivity index (χ4n) is 4.55. The van der Waals surface area contributed by atoms with Crippen molar-refractivity contribution in [1.82, 2.24) is 34.9 Å². The van der Waals surface area contributed by atoms with Gasteiger partial charge in [0.25, 0.3) is 0 Å². The van der Waals surface area contributed by atoms with Gasteiger partial charge in [0.05, 0.1) is 12.7 Å². The molecule has 4 rings (SSSR count). The molecule has 1 unspecified atom stereocenters. The summed E-state index contributed by atoms with van der Waals surface area (Å²) in [4.78, 5) is 16.4. The number of nitrogens with zero attached hydrogens (tertiary/aromatic N) is 8. The van der Waals surface area contributed by atoms with Crippen molar-refractivity contribution in [1.29, 1.82) is 0 Å². The number of amides is 1. The minimum Gasteiger partial charge on any atom is -0.342 e. The van der Waals surface area contributed by atoms with E-state index in [9.17, 15) is 4.79 Å². The number of aromatic nitrogens is 6. The highest BCUT2D eigenvalue weighted by molar-refractivity contribution is 5.78. The first kappa shape index (κ1) is 18.9. The Morgan fingerprint density at radius 2 is 2.14 bits per heavy atom. The number of anilines is 1. The van der Waals surface area contributed by atoms with Gasteiger partial charge in [-0.05, 0) is 28.7 Å². The molecule has 0 bridgehead atoms. The quantitative estimate of drug-likeness (QED) is 0.769. The van der Waals surface area contributed by atoms with Crippen LogP contribution in [0.1, 0.15) is 44.9 Å². The topological polar surface area (TPSA) is 85.0 Å². The van der Waals surface area contributed by atoms with Crippen LogP contribution in [0.3, 0.4) is 0 Å². The van der Waals surface area contributed by atoms with Crippen LogP contribution >= 0.6 is 0 Å². The molecule has 0 N–H and O–H groups in total. The molecule has 0 aliphatic carbocycles. The predicted octanol–water partition coefficient (Wildman–Crippen LogP) is 1.25. The molecule has 0 spiro atoms. The molecule has 9 heteroatoms. The van der Waals surface area contributed by atoms with Gasteiger partial charge in [0.15, 0.2) is 0 Å². The molecule has 2 aliphatic heterocycles. The van der Waals surface area contributed by atoms with Gasteiger partial charge in [-0.1, -0.05) is 25.9 Å². The Morgan fingerprint density at radius 1 is 1.32 bits per heavy atom.